The maximum Gasteiger partial charge on any atom is 0.261 e. The van der Waals surface area contributed by atoms with Gasteiger partial charge in [-0.3, -0.25) is 9.59 Å². The van der Waals surface area contributed by atoms with Gasteiger partial charge in [-0.15, -0.1) is 0 Å². The minimum atomic E-state index is -0.576. The zero-order chi connectivity index (χ0) is 23.3. The fourth-order valence-electron chi connectivity index (χ4n) is 4.56. The maximum absolute atomic E-state index is 13.6. The molecule has 1 aliphatic heterocycles. The molecule has 168 valence electrons. The van der Waals surface area contributed by atoms with Crippen molar-refractivity contribution in [3.05, 3.63) is 88.8 Å². The summed E-state index contributed by atoms with van der Waals surface area (Å²) in [6, 6.07) is 10.9. The van der Waals surface area contributed by atoms with E-state index in [1.54, 1.807) is 16.8 Å². The van der Waals surface area contributed by atoms with Gasteiger partial charge in [0.2, 0.25) is 0 Å². The Morgan fingerprint density at radius 3 is 2.36 bits per heavy atom. The van der Waals surface area contributed by atoms with Gasteiger partial charge < -0.3 is 10.6 Å². The summed E-state index contributed by atoms with van der Waals surface area (Å²) in [6.45, 7) is 4.05. The molecule has 0 spiro atoms. The van der Waals surface area contributed by atoms with Crippen molar-refractivity contribution in [3.63, 3.8) is 0 Å². The molecule has 2 aromatic carbocycles. The van der Waals surface area contributed by atoms with Crippen LogP contribution in [0.15, 0.2) is 66.0 Å². The summed E-state index contributed by atoms with van der Waals surface area (Å²) in [7, 11) is 0. The summed E-state index contributed by atoms with van der Waals surface area (Å²) < 4.78 is 28.4. The summed E-state index contributed by atoms with van der Waals surface area (Å²) in [6.07, 6.45) is 2.45. The third-order valence-corrected chi connectivity index (χ3v) is 6.04. The Bertz CT molecular complexity index is 1290. The number of rotatable bonds is 3. The lowest BCUT2D eigenvalue weighted by molar-refractivity contribution is -0.118. The van der Waals surface area contributed by atoms with E-state index in [0.29, 0.717) is 35.5 Å². The summed E-state index contributed by atoms with van der Waals surface area (Å²) >= 11 is 0. The number of hydrogen-bond acceptors (Lipinski definition) is 4. The molecule has 0 fully saturated rings. The Kier molecular flexibility index (Phi) is 4.88. The molecule has 2 heterocycles. The molecule has 33 heavy (non-hydrogen) atoms. The monoisotopic (exact) mass is 448 g/mol. The first-order valence-electron chi connectivity index (χ1n) is 10.6. The highest BCUT2D eigenvalue weighted by molar-refractivity contribution is 6.08. The van der Waals surface area contributed by atoms with E-state index in [1.807, 2.05) is 13.8 Å². The van der Waals surface area contributed by atoms with E-state index in [9.17, 15) is 18.4 Å². The second-order valence-corrected chi connectivity index (χ2v) is 9.22. The molecule has 2 aliphatic rings. The van der Waals surface area contributed by atoms with Crippen LogP contribution in [0, 0.1) is 17.0 Å². The van der Waals surface area contributed by atoms with E-state index >= 15 is 0 Å². The van der Waals surface area contributed by atoms with Gasteiger partial charge in [-0.1, -0.05) is 26.0 Å². The molecular weight excluding hydrogens is 426 g/mol. The highest BCUT2D eigenvalue weighted by Crippen LogP contribution is 2.46. The molecule has 1 atom stereocenters. The van der Waals surface area contributed by atoms with Gasteiger partial charge in [0.1, 0.15) is 29.1 Å². The smallest absolute Gasteiger partial charge is 0.261 e. The van der Waals surface area contributed by atoms with E-state index in [2.05, 4.69) is 15.7 Å². The summed E-state index contributed by atoms with van der Waals surface area (Å²) in [5, 5.41) is 10.5. The van der Waals surface area contributed by atoms with Crippen molar-refractivity contribution in [1.82, 2.24) is 9.78 Å². The van der Waals surface area contributed by atoms with E-state index in [-0.39, 0.29) is 22.6 Å². The zero-order valence-electron chi connectivity index (χ0n) is 18.2. The number of ketones is 1. The van der Waals surface area contributed by atoms with Gasteiger partial charge in [-0.05, 0) is 53.8 Å². The van der Waals surface area contributed by atoms with Crippen LogP contribution in [0.2, 0.25) is 0 Å². The van der Waals surface area contributed by atoms with Gasteiger partial charge >= 0.3 is 0 Å². The molecule has 0 bridgehead atoms. The quantitative estimate of drug-likeness (QED) is 0.587. The molecule has 1 unspecified atom stereocenters. The van der Waals surface area contributed by atoms with Gasteiger partial charge in [0, 0.05) is 23.4 Å². The Morgan fingerprint density at radius 2 is 1.70 bits per heavy atom. The van der Waals surface area contributed by atoms with Crippen LogP contribution in [0.3, 0.4) is 0 Å². The molecule has 0 saturated heterocycles. The van der Waals surface area contributed by atoms with Gasteiger partial charge in [0.25, 0.3) is 5.91 Å². The molecule has 1 aromatic heterocycles. The van der Waals surface area contributed by atoms with Crippen molar-refractivity contribution >= 4 is 23.2 Å². The van der Waals surface area contributed by atoms with Crippen molar-refractivity contribution in [2.45, 2.75) is 32.7 Å². The predicted molar refractivity (Wildman–Crippen MR) is 120 cm³/mol. The standard InChI is InChI=1S/C25H22F2N4O2/c1-25(2)11-19-21(20(32)12-25)22(14-3-5-15(26)6-4-14)31-23(30-19)18(13-28-31)24(33)29-17-9-7-16(27)8-10-17/h3-10,13,22,30H,11-12H2,1-2H3,(H,29,33). The summed E-state index contributed by atoms with van der Waals surface area (Å²) in [4.78, 5) is 26.2. The number of nitrogens with one attached hydrogen (secondary N) is 2. The number of halogens is 2. The SMILES string of the molecule is CC1(C)CC(=O)C2=C(C1)Nc1c(C(=O)Nc3ccc(F)cc3)cnn1C2c1ccc(F)cc1. The third kappa shape index (κ3) is 3.82. The minimum Gasteiger partial charge on any atom is -0.343 e. The van der Waals surface area contributed by atoms with E-state index in [0.717, 1.165) is 5.70 Å². The van der Waals surface area contributed by atoms with Crippen molar-refractivity contribution in [1.29, 1.82) is 0 Å². The number of allylic oxidation sites excluding steroid dienone is 2. The second-order valence-electron chi connectivity index (χ2n) is 9.22. The van der Waals surface area contributed by atoms with Crippen molar-refractivity contribution in [3.8, 4) is 0 Å². The van der Waals surface area contributed by atoms with Crippen LogP contribution >= 0.6 is 0 Å². The number of carbonyl (C=O) groups excluding carboxylic acids is 2. The van der Waals surface area contributed by atoms with Crippen molar-refractivity contribution in [2.75, 3.05) is 10.6 Å². The highest BCUT2D eigenvalue weighted by atomic mass is 19.1. The maximum atomic E-state index is 13.6. The van der Waals surface area contributed by atoms with Crippen LogP contribution in [0.25, 0.3) is 0 Å². The van der Waals surface area contributed by atoms with E-state index in [1.165, 1.54) is 42.6 Å². The number of amides is 1. The molecule has 3 aromatic rings. The second kappa shape index (κ2) is 7.65. The third-order valence-electron chi connectivity index (χ3n) is 6.04. The van der Waals surface area contributed by atoms with Gasteiger partial charge in [-0.25, -0.2) is 13.5 Å². The minimum absolute atomic E-state index is 0.00142. The first-order chi connectivity index (χ1) is 15.7. The summed E-state index contributed by atoms with van der Waals surface area (Å²) in [5.74, 6) is -0.741. The number of anilines is 2. The number of aromatic nitrogens is 2. The molecule has 5 rings (SSSR count). The Labute approximate surface area is 189 Å². The van der Waals surface area contributed by atoms with Crippen LogP contribution in [0.4, 0.5) is 20.3 Å². The molecule has 1 aliphatic carbocycles. The fraction of sp³-hybridized carbons (Fsp3) is 0.240. The number of hydrogen-bond donors (Lipinski definition) is 2. The van der Waals surface area contributed by atoms with Crippen molar-refractivity contribution < 1.29 is 18.4 Å². The Hall–Kier alpha value is -3.81. The van der Waals surface area contributed by atoms with Gasteiger partial charge in [0.05, 0.1) is 6.20 Å². The van der Waals surface area contributed by atoms with Crippen LogP contribution in [-0.2, 0) is 4.79 Å². The van der Waals surface area contributed by atoms with E-state index in [4.69, 9.17) is 0 Å². The number of nitrogens with zero attached hydrogens (tertiary/aromatic N) is 2. The summed E-state index contributed by atoms with van der Waals surface area (Å²) in [5.41, 5.74) is 2.52. The molecule has 1 amide bonds. The fourth-order valence-corrected chi connectivity index (χ4v) is 4.56. The molecule has 6 nitrogen and oxygen atoms in total. The van der Waals surface area contributed by atoms with Crippen LogP contribution in [-0.4, -0.2) is 21.5 Å². The molecule has 0 radical (unpaired) electrons. The molecule has 8 heteroatoms. The molecule has 2 N–H and O–H groups in total. The Morgan fingerprint density at radius 1 is 1.06 bits per heavy atom. The average molecular weight is 448 g/mol. The van der Waals surface area contributed by atoms with E-state index < -0.39 is 17.8 Å². The van der Waals surface area contributed by atoms with Gasteiger partial charge in [0.15, 0.2) is 5.78 Å². The topological polar surface area (TPSA) is 76.0 Å². The largest absolute Gasteiger partial charge is 0.343 e. The first kappa shape index (κ1) is 21.1. The predicted octanol–water partition coefficient (Wildman–Crippen LogP) is 5.07. The van der Waals surface area contributed by atoms with Crippen LogP contribution in [0.5, 0.6) is 0 Å². The van der Waals surface area contributed by atoms with Crippen LogP contribution in [0.1, 0.15) is 48.7 Å². The number of benzene rings is 2. The van der Waals surface area contributed by atoms with Crippen molar-refractivity contribution in [2.24, 2.45) is 5.41 Å². The number of Topliss-reactive ketones (excluding diaryl/α,β-unsaturated/α-hetero) is 1. The molecule has 0 saturated carbocycles. The number of fused-ring (bicyclic) bond motifs is 1. The number of carbonyl (C=O) groups is 2. The Balaban J connectivity index is 1.58. The van der Waals surface area contributed by atoms with Gasteiger partial charge in [-0.2, -0.15) is 5.10 Å². The zero-order valence-corrected chi connectivity index (χ0v) is 18.2. The first-order valence-corrected chi connectivity index (χ1v) is 10.6. The lowest BCUT2D eigenvalue weighted by atomic mass is 9.73. The molecular formula is C25H22F2N4O2. The highest BCUT2D eigenvalue weighted by Gasteiger charge is 2.42. The lowest BCUT2D eigenvalue weighted by Crippen LogP contribution is -2.37. The lowest BCUT2D eigenvalue weighted by Gasteiger charge is -2.39. The average Bonchev–Trinajstić information content (AvgIpc) is 3.17. The van der Waals surface area contributed by atoms with Crippen LogP contribution < -0.4 is 10.6 Å². The normalized spacial score (nSPS) is 18.9.